The highest BCUT2D eigenvalue weighted by molar-refractivity contribution is 9.10. The van der Waals surface area contributed by atoms with Crippen LogP contribution < -0.4 is 16.0 Å². The standard InChI is InChI=1S/C27H27Br2N5O4/c28-16-4-6-18-20(14-33-22(18)12-16)24(35)26(37)31-10-2-1-8-30-9-3-11-32-27(38)25(36)21-15-34-23-13-17(29)5-7-19(21)23/h4-7,12-15,30,33-34H,1-3,8-11H2,(H,31,37)(H,32,38). The molecule has 4 rings (SSSR count). The van der Waals surface area contributed by atoms with E-state index in [1.165, 1.54) is 0 Å². The molecular formula is C27H27Br2N5O4. The van der Waals surface area contributed by atoms with E-state index in [4.69, 9.17) is 0 Å². The molecule has 198 valence electrons. The number of nitrogens with one attached hydrogen (secondary N) is 5. The van der Waals surface area contributed by atoms with Crippen LogP contribution in [0.3, 0.4) is 0 Å². The number of aromatic amines is 2. The Morgan fingerprint density at radius 2 is 1.08 bits per heavy atom. The SMILES string of the molecule is O=C(NCCCCNCCCNC(=O)C(=O)c1c[nH]c2cc(Br)ccc12)C(=O)c1c[nH]c2cc(Br)ccc12. The van der Waals surface area contributed by atoms with Gasteiger partial charge in [-0.25, -0.2) is 0 Å². The number of ketones is 2. The van der Waals surface area contributed by atoms with E-state index < -0.39 is 23.4 Å². The van der Waals surface area contributed by atoms with Crippen molar-refractivity contribution in [2.24, 2.45) is 0 Å². The average Bonchev–Trinajstić information content (AvgIpc) is 3.52. The molecule has 0 fully saturated rings. The van der Waals surface area contributed by atoms with Crippen molar-refractivity contribution in [2.45, 2.75) is 19.3 Å². The van der Waals surface area contributed by atoms with Crippen LogP contribution >= 0.6 is 31.9 Å². The highest BCUT2D eigenvalue weighted by atomic mass is 79.9. The van der Waals surface area contributed by atoms with Crippen molar-refractivity contribution < 1.29 is 19.2 Å². The summed E-state index contributed by atoms with van der Waals surface area (Å²) in [6, 6.07) is 11.0. The van der Waals surface area contributed by atoms with Gasteiger partial charge >= 0.3 is 0 Å². The predicted molar refractivity (Wildman–Crippen MR) is 153 cm³/mol. The van der Waals surface area contributed by atoms with Crippen LogP contribution in [0.5, 0.6) is 0 Å². The predicted octanol–water partition coefficient (Wildman–Crippen LogP) is 4.23. The Balaban J connectivity index is 1.06. The first kappa shape index (κ1) is 27.7. The van der Waals surface area contributed by atoms with Gasteiger partial charge in [-0.15, -0.1) is 0 Å². The van der Waals surface area contributed by atoms with Gasteiger partial charge in [0.25, 0.3) is 23.4 Å². The van der Waals surface area contributed by atoms with E-state index in [1.54, 1.807) is 24.5 Å². The number of Topliss-reactive ketones (excluding diaryl/α,β-unsaturated/α-hetero) is 2. The molecule has 0 spiro atoms. The fraction of sp³-hybridized carbons (Fsp3) is 0.259. The molecule has 38 heavy (non-hydrogen) atoms. The molecule has 0 aliphatic heterocycles. The Hall–Kier alpha value is -3.28. The molecule has 0 aliphatic carbocycles. The number of halogens is 2. The van der Waals surface area contributed by atoms with Crippen molar-refractivity contribution in [2.75, 3.05) is 26.2 Å². The maximum atomic E-state index is 12.5. The lowest BCUT2D eigenvalue weighted by Crippen LogP contribution is -2.33. The molecule has 2 heterocycles. The van der Waals surface area contributed by atoms with Gasteiger partial charge in [-0.05, 0) is 56.6 Å². The summed E-state index contributed by atoms with van der Waals surface area (Å²) in [6.07, 6.45) is 5.33. The Morgan fingerprint density at radius 1 is 0.632 bits per heavy atom. The summed E-state index contributed by atoms with van der Waals surface area (Å²) in [5, 5.41) is 10.0. The number of hydrogen-bond acceptors (Lipinski definition) is 5. The lowest BCUT2D eigenvalue weighted by molar-refractivity contribution is -0.117. The number of aromatic nitrogens is 2. The number of amides is 2. The van der Waals surface area contributed by atoms with E-state index in [9.17, 15) is 19.2 Å². The second-order valence-electron chi connectivity index (χ2n) is 8.77. The smallest absolute Gasteiger partial charge is 0.292 e. The van der Waals surface area contributed by atoms with Gasteiger partial charge in [0, 0.05) is 56.2 Å². The molecule has 0 saturated heterocycles. The Morgan fingerprint density at radius 3 is 1.61 bits per heavy atom. The highest BCUT2D eigenvalue weighted by Gasteiger charge is 2.20. The van der Waals surface area contributed by atoms with Crippen molar-refractivity contribution in [3.8, 4) is 0 Å². The molecule has 2 aromatic heterocycles. The summed E-state index contributed by atoms with van der Waals surface area (Å²) in [6.45, 7) is 2.20. The van der Waals surface area contributed by atoms with Gasteiger partial charge < -0.3 is 25.9 Å². The highest BCUT2D eigenvalue weighted by Crippen LogP contribution is 2.23. The summed E-state index contributed by atoms with van der Waals surface area (Å²) < 4.78 is 1.77. The van der Waals surface area contributed by atoms with E-state index in [1.807, 2.05) is 24.3 Å². The number of rotatable bonds is 13. The molecule has 9 nitrogen and oxygen atoms in total. The number of carbonyl (C=O) groups is 4. The third-order valence-corrected chi connectivity index (χ3v) is 7.06. The van der Waals surface area contributed by atoms with Crippen molar-refractivity contribution in [1.82, 2.24) is 25.9 Å². The minimum absolute atomic E-state index is 0.353. The zero-order valence-electron chi connectivity index (χ0n) is 20.5. The maximum absolute atomic E-state index is 12.5. The van der Waals surface area contributed by atoms with Crippen molar-refractivity contribution in [1.29, 1.82) is 0 Å². The maximum Gasteiger partial charge on any atom is 0.292 e. The minimum Gasteiger partial charge on any atom is -0.360 e. The largest absolute Gasteiger partial charge is 0.360 e. The summed E-state index contributed by atoms with van der Waals surface area (Å²) >= 11 is 6.77. The van der Waals surface area contributed by atoms with Gasteiger partial charge in [0.15, 0.2) is 0 Å². The molecule has 0 saturated carbocycles. The number of H-pyrrole nitrogens is 2. The summed E-state index contributed by atoms with van der Waals surface area (Å²) in [5.74, 6) is -2.37. The Bertz CT molecular complexity index is 1380. The number of benzene rings is 2. The van der Waals surface area contributed by atoms with Gasteiger partial charge in [-0.3, -0.25) is 19.2 Å². The van der Waals surface area contributed by atoms with Crippen molar-refractivity contribution >= 4 is 77.0 Å². The van der Waals surface area contributed by atoms with E-state index in [0.29, 0.717) is 48.0 Å². The summed E-state index contributed by atoms with van der Waals surface area (Å²) in [7, 11) is 0. The van der Waals surface area contributed by atoms with Gasteiger partial charge in [-0.1, -0.05) is 44.0 Å². The van der Waals surface area contributed by atoms with Crippen LogP contribution in [0.1, 0.15) is 40.0 Å². The molecule has 11 heteroatoms. The topological polar surface area (TPSA) is 136 Å². The molecule has 2 amide bonds. The lowest BCUT2D eigenvalue weighted by Gasteiger charge is -2.07. The Kier molecular flexibility index (Phi) is 9.48. The molecule has 0 atom stereocenters. The molecule has 4 aromatic rings. The second-order valence-corrected chi connectivity index (χ2v) is 10.6. The number of fused-ring (bicyclic) bond motifs is 2. The summed E-state index contributed by atoms with van der Waals surface area (Å²) in [5.41, 5.74) is 2.28. The van der Waals surface area contributed by atoms with Crippen LogP contribution in [0, 0.1) is 0 Å². The second kappa shape index (κ2) is 13.0. The Labute approximate surface area is 235 Å². The minimum atomic E-state index is -0.625. The molecule has 0 radical (unpaired) electrons. The molecule has 0 unspecified atom stereocenters. The van der Waals surface area contributed by atoms with Crippen molar-refractivity contribution in [3.05, 3.63) is 68.9 Å². The van der Waals surface area contributed by atoms with E-state index in [-0.39, 0.29) is 0 Å². The quantitative estimate of drug-likeness (QED) is 0.0843. The van der Waals surface area contributed by atoms with Gasteiger partial charge in [0.2, 0.25) is 0 Å². The zero-order chi connectivity index (χ0) is 27.1. The van der Waals surface area contributed by atoms with Crippen LogP contribution in [0.2, 0.25) is 0 Å². The fourth-order valence-electron chi connectivity index (χ4n) is 4.09. The number of carbonyl (C=O) groups excluding carboxylic acids is 4. The lowest BCUT2D eigenvalue weighted by atomic mass is 10.1. The molecule has 0 aliphatic rings. The first-order valence-electron chi connectivity index (χ1n) is 12.2. The third-order valence-electron chi connectivity index (χ3n) is 6.07. The van der Waals surface area contributed by atoms with Crippen LogP contribution in [0.15, 0.2) is 57.7 Å². The molecule has 2 aromatic carbocycles. The monoisotopic (exact) mass is 643 g/mol. The molecule has 0 bridgehead atoms. The first-order valence-corrected chi connectivity index (χ1v) is 13.8. The molecule has 5 N–H and O–H groups in total. The van der Waals surface area contributed by atoms with E-state index in [2.05, 4.69) is 57.8 Å². The molecular weight excluding hydrogens is 618 g/mol. The summed E-state index contributed by atoms with van der Waals surface area (Å²) in [4.78, 5) is 55.5. The average molecular weight is 645 g/mol. The van der Waals surface area contributed by atoms with Gasteiger partial charge in [-0.2, -0.15) is 0 Å². The van der Waals surface area contributed by atoms with Gasteiger partial charge in [0.1, 0.15) is 0 Å². The van der Waals surface area contributed by atoms with Crippen LogP contribution in [0.4, 0.5) is 0 Å². The third kappa shape index (κ3) is 6.77. The fourth-order valence-corrected chi connectivity index (χ4v) is 4.82. The van der Waals surface area contributed by atoms with Crippen LogP contribution in [-0.2, 0) is 9.59 Å². The van der Waals surface area contributed by atoms with Crippen LogP contribution in [-0.4, -0.2) is 59.5 Å². The zero-order valence-corrected chi connectivity index (χ0v) is 23.6. The number of unbranched alkanes of at least 4 members (excludes halogenated alkanes) is 1. The van der Waals surface area contributed by atoms with E-state index >= 15 is 0 Å². The van der Waals surface area contributed by atoms with E-state index in [0.717, 1.165) is 39.4 Å². The normalized spacial score (nSPS) is 11.1. The van der Waals surface area contributed by atoms with Gasteiger partial charge in [0.05, 0.1) is 11.1 Å². The number of hydrogen-bond donors (Lipinski definition) is 5. The first-order chi connectivity index (χ1) is 18.3. The van der Waals surface area contributed by atoms with Crippen molar-refractivity contribution in [3.63, 3.8) is 0 Å². The van der Waals surface area contributed by atoms with Crippen LogP contribution in [0.25, 0.3) is 21.8 Å².